The molecule has 0 saturated heterocycles. The zero-order valence-corrected chi connectivity index (χ0v) is 12.9. The van der Waals surface area contributed by atoms with Gasteiger partial charge in [0.15, 0.2) is 0 Å². The van der Waals surface area contributed by atoms with Crippen molar-refractivity contribution in [2.45, 2.75) is 6.54 Å². The summed E-state index contributed by atoms with van der Waals surface area (Å²) in [6, 6.07) is 7.57. The Morgan fingerprint density at radius 3 is 2.62 bits per heavy atom. The summed E-state index contributed by atoms with van der Waals surface area (Å²) in [5, 5.41) is 7.04. The normalized spacial score (nSPS) is 10.3. The maximum atomic E-state index is 12.3. The molecule has 21 heavy (non-hydrogen) atoms. The zero-order chi connectivity index (χ0) is 15.4. The Balaban J connectivity index is 2.04. The van der Waals surface area contributed by atoms with Crippen molar-refractivity contribution in [2.24, 2.45) is 7.05 Å². The lowest BCUT2D eigenvalue weighted by Gasteiger charge is -2.21. The van der Waals surface area contributed by atoms with Gasteiger partial charge < -0.3 is 15.1 Å². The van der Waals surface area contributed by atoms with Gasteiger partial charge in [0, 0.05) is 40.0 Å². The number of carbonyl (C=O) groups is 1. The number of benzene rings is 1. The molecule has 0 aliphatic rings. The number of aromatic nitrogens is 2. The summed E-state index contributed by atoms with van der Waals surface area (Å²) >= 11 is 0. The van der Waals surface area contributed by atoms with Crippen LogP contribution in [0.15, 0.2) is 36.7 Å². The largest absolute Gasteiger partial charge is 0.376 e. The smallest absolute Gasteiger partial charge is 0.321 e. The van der Waals surface area contributed by atoms with Crippen LogP contribution in [-0.4, -0.2) is 41.9 Å². The molecule has 6 heteroatoms. The molecule has 0 radical (unpaired) electrons. The summed E-state index contributed by atoms with van der Waals surface area (Å²) in [7, 11) is 7.52. The molecule has 112 valence electrons. The molecule has 0 saturated carbocycles. The van der Waals surface area contributed by atoms with E-state index in [0.29, 0.717) is 6.54 Å². The van der Waals surface area contributed by atoms with Gasteiger partial charge in [0.25, 0.3) is 0 Å². The number of hydrogen-bond acceptors (Lipinski definition) is 3. The van der Waals surface area contributed by atoms with E-state index < -0.39 is 0 Å². The highest BCUT2D eigenvalue weighted by Crippen LogP contribution is 2.23. The molecule has 0 aliphatic carbocycles. The first-order valence-corrected chi connectivity index (χ1v) is 6.73. The first-order chi connectivity index (χ1) is 9.97. The summed E-state index contributed by atoms with van der Waals surface area (Å²) in [6.45, 7) is 0.518. The number of hydrogen-bond donors (Lipinski definition) is 1. The highest BCUT2D eigenvalue weighted by Gasteiger charge is 2.12. The molecule has 0 unspecified atom stereocenters. The molecule has 0 bridgehead atoms. The van der Waals surface area contributed by atoms with Crippen molar-refractivity contribution in [2.75, 3.05) is 31.4 Å². The highest BCUT2D eigenvalue weighted by molar-refractivity contribution is 5.93. The number of amides is 2. The SMILES string of the molecule is CN(Cc1cnn(C)c1)C(=O)Nc1ccccc1N(C)C. The number of para-hydroxylation sites is 2. The number of anilines is 2. The van der Waals surface area contributed by atoms with Crippen molar-refractivity contribution >= 4 is 17.4 Å². The summed E-state index contributed by atoms with van der Waals surface area (Å²) in [6.07, 6.45) is 3.66. The van der Waals surface area contributed by atoms with Gasteiger partial charge in [0.1, 0.15) is 0 Å². The summed E-state index contributed by atoms with van der Waals surface area (Å²) in [4.78, 5) is 15.9. The standard InChI is InChI=1S/C15H21N5O/c1-18(2)14-8-6-5-7-13(14)17-15(21)19(3)10-12-9-16-20(4)11-12/h5-9,11H,10H2,1-4H3,(H,17,21). The van der Waals surface area contributed by atoms with E-state index >= 15 is 0 Å². The van der Waals surface area contributed by atoms with Gasteiger partial charge in [0.05, 0.1) is 24.1 Å². The Labute approximate surface area is 125 Å². The molecule has 0 atom stereocenters. The Hall–Kier alpha value is -2.50. The molecular weight excluding hydrogens is 266 g/mol. The van der Waals surface area contributed by atoms with Gasteiger partial charge in [-0.25, -0.2) is 4.79 Å². The van der Waals surface area contributed by atoms with Gasteiger partial charge in [-0.1, -0.05) is 12.1 Å². The minimum atomic E-state index is -0.145. The van der Waals surface area contributed by atoms with Crippen molar-refractivity contribution in [1.29, 1.82) is 0 Å². The average molecular weight is 287 g/mol. The Morgan fingerprint density at radius 1 is 1.29 bits per heavy atom. The second kappa shape index (κ2) is 6.30. The molecule has 0 spiro atoms. The van der Waals surface area contributed by atoms with Crippen LogP contribution in [0.2, 0.25) is 0 Å². The van der Waals surface area contributed by atoms with E-state index in [0.717, 1.165) is 16.9 Å². The number of nitrogens with one attached hydrogen (secondary N) is 1. The van der Waals surface area contributed by atoms with Crippen LogP contribution < -0.4 is 10.2 Å². The van der Waals surface area contributed by atoms with E-state index in [1.165, 1.54) is 0 Å². The summed E-state index contributed by atoms with van der Waals surface area (Å²) < 4.78 is 1.72. The third-order valence-corrected chi connectivity index (χ3v) is 3.15. The quantitative estimate of drug-likeness (QED) is 0.937. The second-order valence-electron chi connectivity index (χ2n) is 5.22. The lowest BCUT2D eigenvalue weighted by atomic mass is 10.2. The zero-order valence-electron chi connectivity index (χ0n) is 12.9. The van der Waals surface area contributed by atoms with Crippen molar-refractivity contribution in [1.82, 2.24) is 14.7 Å². The summed E-state index contributed by atoms with van der Waals surface area (Å²) in [5.41, 5.74) is 2.77. The molecule has 2 aromatic rings. The van der Waals surface area contributed by atoms with E-state index in [4.69, 9.17) is 0 Å². The van der Waals surface area contributed by atoms with Crippen molar-refractivity contribution < 1.29 is 4.79 Å². The van der Waals surface area contributed by atoms with Crippen molar-refractivity contribution in [3.05, 3.63) is 42.2 Å². The van der Waals surface area contributed by atoms with E-state index in [-0.39, 0.29) is 6.03 Å². The van der Waals surface area contributed by atoms with Crippen LogP contribution in [0.25, 0.3) is 0 Å². The Kier molecular flexibility index (Phi) is 4.47. The molecule has 0 fully saturated rings. The topological polar surface area (TPSA) is 53.4 Å². The number of nitrogens with zero attached hydrogens (tertiary/aromatic N) is 4. The molecule has 1 aromatic heterocycles. The summed E-state index contributed by atoms with van der Waals surface area (Å²) in [5.74, 6) is 0. The van der Waals surface area contributed by atoms with Crippen LogP contribution >= 0.6 is 0 Å². The first-order valence-electron chi connectivity index (χ1n) is 6.73. The van der Waals surface area contributed by atoms with Gasteiger partial charge in [0.2, 0.25) is 0 Å². The van der Waals surface area contributed by atoms with E-state index in [1.54, 1.807) is 22.8 Å². The monoisotopic (exact) mass is 287 g/mol. The first kappa shape index (κ1) is 14.9. The van der Waals surface area contributed by atoms with Crippen LogP contribution in [0.4, 0.5) is 16.2 Å². The van der Waals surface area contributed by atoms with Crippen molar-refractivity contribution in [3.8, 4) is 0 Å². The van der Waals surface area contributed by atoms with E-state index in [9.17, 15) is 4.79 Å². The van der Waals surface area contributed by atoms with Gasteiger partial charge in [-0.3, -0.25) is 4.68 Å². The van der Waals surface area contributed by atoms with E-state index in [1.807, 2.05) is 56.5 Å². The average Bonchev–Trinajstić information content (AvgIpc) is 2.84. The predicted octanol–water partition coefficient (Wildman–Crippen LogP) is 2.15. The number of aryl methyl sites for hydroxylation is 1. The number of carbonyl (C=O) groups excluding carboxylic acids is 1. The molecule has 2 rings (SSSR count). The maximum absolute atomic E-state index is 12.3. The van der Waals surface area contributed by atoms with Gasteiger partial charge in [-0.2, -0.15) is 5.10 Å². The molecule has 1 heterocycles. The van der Waals surface area contributed by atoms with Gasteiger partial charge >= 0.3 is 6.03 Å². The minimum Gasteiger partial charge on any atom is -0.376 e. The Bertz CT molecular complexity index is 620. The van der Waals surface area contributed by atoms with Crippen LogP contribution in [0.3, 0.4) is 0 Å². The fraction of sp³-hybridized carbons (Fsp3) is 0.333. The fourth-order valence-corrected chi connectivity index (χ4v) is 2.08. The number of urea groups is 1. The lowest BCUT2D eigenvalue weighted by molar-refractivity contribution is 0.220. The maximum Gasteiger partial charge on any atom is 0.321 e. The van der Waals surface area contributed by atoms with Crippen molar-refractivity contribution in [3.63, 3.8) is 0 Å². The second-order valence-corrected chi connectivity index (χ2v) is 5.22. The fourth-order valence-electron chi connectivity index (χ4n) is 2.08. The predicted molar refractivity (Wildman–Crippen MR) is 84.5 cm³/mol. The lowest BCUT2D eigenvalue weighted by Crippen LogP contribution is -2.31. The third kappa shape index (κ3) is 3.75. The molecular formula is C15H21N5O. The molecule has 2 amide bonds. The number of rotatable bonds is 4. The van der Waals surface area contributed by atoms with E-state index in [2.05, 4.69) is 10.4 Å². The third-order valence-electron chi connectivity index (χ3n) is 3.15. The van der Waals surface area contributed by atoms with Crippen LogP contribution in [0.5, 0.6) is 0 Å². The van der Waals surface area contributed by atoms with Crippen LogP contribution in [-0.2, 0) is 13.6 Å². The molecule has 0 aliphatic heterocycles. The Morgan fingerprint density at radius 2 is 2.00 bits per heavy atom. The minimum absolute atomic E-state index is 0.145. The van der Waals surface area contributed by atoms with Crippen LogP contribution in [0.1, 0.15) is 5.56 Å². The van der Waals surface area contributed by atoms with Gasteiger partial charge in [-0.15, -0.1) is 0 Å². The molecule has 1 aromatic carbocycles. The molecule has 6 nitrogen and oxygen atoms in total. The highest BCUT2D eigenvalue weighted by atomic mass is 16.2. The van der Waals surface area contributed by atoms with Crippen LogP contribution in [0, 0.1) is 0 Å². The molecule has 1 N–H and O–H groups in total. The van der Waals surface area contributed by atoms with Gasteiger partial charge in [-0.05, 0) is 12.1 Å².